The van der Waals surface area contributed by atoms with E-state index in [9.17, 15) is 0 Å². The lowest BCUT2D eigenvalue weighted by atomic mass is 9.98. The average Bonchev–Trinajstić information content (AvgIpc) is 3.17. The Labute approximate surface area is 123 Å². The Morgan fingerprint density at radius 3 is 2.40 bits per heavy atom. The third-order valence-corrected chi connectivity index (χ3v) is 4.08. The van der Waals surface area contributed by atoms with Crippen molar-refractivity contribution in [3.05, 3.63) is 29.3 Å². The number of rotatable bonds is 7. The van der Waals surface area contributed by atoms with Crippen LogP contribution in [0.25, 0.3) is 0 Å². The second-order valence-corrected chi connectivity index (χ2v) is 6.76. The molecule has 0 radical (unpaired) electrons. The van der Waals surface area contributed by atoms with Crippen molar-refractivity contribution in [3.8, 4) is 5.75 Å². The van der Waals surface area contributed by atoms with Crippen LogP contribution >= 0.6 is 0 Å². The van der Waals surface area contributed by atoms with E-state index in [-0.39, 0.29) is 6.10 Å². The number of ether oxygens (including phenoxy) is 1. The van der Waals surface area contributed by atoms with Crippen LogP contribution in [0.3, 0.4) is 0 Å². The Kier molecular flexibility index (Phi) is 5.09. The molecule has 2 nitrogen and oxygen atoms in total. The maximum absolute atomic E-state index is 6.21. The minimum absolute atomic E-state index is 0.250. The Morgan fingerprint density at radius 2 is 1.90 bits per heavy atom. The zero-order chi connectivity index (χ0) is 14.7. The lowest BCUT2D eigenvalue weighted by Crippen LogP contribution is -2.36. The van der Waals surface area contributed by atoms with Gasteiger partial charge in [0.15, 0.2) is 0 Å². The predicted octanol–water partition coefficient (Wildman–Crippen LogP) is 4.27. The van der Waals surface area contributed by atoms with Gasteiger partial charge in [0, 0.05) is 12.6 Å². The Hall–Kier alpha value is -1.02. The summed E-state index contributed by atoms with van der Waals surface area (Å²) in [4.78, 5) is 0. The number of benzene rings is 1. The van der Waals surface area contributed by atoms with Gasteiger partial charge in [-0.1, -0.05) is 33.8 Å². The molecule has 0 spiro atoms. The summed E-state index contributed by atoms with van der Waals surface area (Å²) in [5.41, 5.74) is 2.74. The van der Waals surface area contributed by atoms with Crippen molar-refractivity contribution in [2.45, 2.75) is 65.5 Å². The van der Waals surface area contributed by atoms with Gasteiger partial charge < -0.3 is 10.1 Å². The molecular weight excluding hydrogens is 246 g/mol. The summed E-state index contributed by atoms with van der Waals surface area (Å²) in [5, 5.41) is 3.58. The number of hydrogen-bond acceptors (Lipinski definition) is 2. The third kappa shape index (κ3) is 4.24. The van der Waals surface area contributed by atoms with Crippen LogP contribution in [0.15, 0.2) is 18.2 Å². The van der Waals surface area contributed by atoms with Crippen LogP contribution in [0.1, 0.15) is 57.6 Å². The van der Waals surface area contributed by atoms with E-state index >= 15 is 0 Å². The van der Waals surface area contributed by atoms with E-state index in [4.69, 9.17) is 4.74 Å². The number of hydrogen-bond donors (Lipinski definition) is 1. The fourth-order valence-electron chi connectivity index (χ4n) is 2.53. The quantitative estimate of drug-likeness (QED) is 0.802. The molecule has 0 aliphatic heterocycles. The number of aryl methyl sites for hydroxylation is 1. The largest absolute Gasteiger partial charge is 0.489 e. The molecule has 0 saturated heterocycles. The van der Waals surface area contributed by atoms with Gasteiger partial charge in [0.25, 0.3) is 0 Å². The van der Waals surface area contributed by atoms with Crippen LogP contribution in [0, 0.1) is 12.8 Å². The van der Waals surface area contributed by atoms with Gasteiger partial charge in [-0.2, -0.15) is 0 Å². The first-order valence-corrected chi connectivity index (χ1v) is 7.98. The summed E-state index contributed by atoms with van der Waals surface area (Å²) in [6.07, 6.45) is 2.90. The molecule has 0 heterocycles. The molecule has 2 heteroatoms. The Balaban J connectivity index is 1.99. The van der Waals surface area contributed by atoms with Gasteiger partial charge in [0.05, 0.1) is 0 Å². The Bertz CT molecular complexity index is 435. The van der Waals surface area contributed by atoms with Crippen LogP contribution < -0.4 is 10.1 Å². The van der Waals surface area contributed by atoms with E-state index < -0.39 is 0 Å². The summed E-state index contributed by atoms with van der Waals surface area (Å²) in [7, 11) is 0. The lowest BCUT2D eigenvalue weighted by molar-refractivity contribution is 0.148. The van der Waals surface area contributed by atoms with Crippen LogP contribution in [-0.4, -0.2) is 18.7 Å². The van der Waals surface area contributed by atoms with Gasteiger partial charge in [0.1, 0.15) is 11.9 Å². The normalized spacial score (nSPS) is 16.8. The SMILES string of the molecule is Cc1cc(OC(CNC2CC2)C(C)C)ccc1C(C)C. The van der Waals surface area contributed by atoms with E-state index in [0.717, 1.165) is 18.3 Å². The van der Waals surface area contributed by atoms with E-state index in [1.54, 1.807) is 0 Å². The summed E-state index contributed by atoms with van der Waals surface area (Å²) in [5.74, 6) is 2.09. The molecule has 0 bridgehead atoms. The molecule has 1 aromatic rings. The first-order valence-electron chi connectivity index (χ1n) is 7.98. The van der Waals surface area contributed by atoms with Gasteiger partial charge in [0.2, 0.25) is 0 Å². The summed E-state index contributed by atoms with van der Waals surface area (Å²) in [6.45, 7) is 12.1. The first kappa shape index (κ1) is 15.4. The van der Waals surface area contributed by atoms with E-state index in [2.05, 4.69) is 58.1 Å². The van der Waals surface area contributed by atoms with Crippen LogP contribution in [0.4, 0.5) is 0 Å². The second-order valence-electron chi connectivity index (χ2n) is 6.76. The molecule has 0 aromatic heterocycles. The molecule has 2 rings (SSSR count). The molecule has 20 heavy (non-hydrogen) atoms. The monoisotopic (exact) mass is 275 g/mol. The molecule has 1 N–H and O–H groups in total. The zero-order valence-electron chi connectivity index (χ0n) is 13.6. The van der Waals surface area contributed by atoms with E-state index in [1.807, 2.05) is 0 Å². The highest BCUT2D eigenvalue weighted by atomic mass is 16.5. The van der Waals surface area contributed by atoms with Crippen LogP contribution in [-0.2, 0) is 0 Å². The maximum atomic E-state index is 6.21. The molecule has 1 aliphatic rings. The van der Waals surface area contributed by atoms with Gasteiger partial charge >= 0.3 is 0 Å². The summed E-state index contributed by atoms with van der Waals surface area (Å²) in [6, 6.07) is 7.25. The first-order chi connectivity index (χ1) is 9.47. The molecule has 1 aromatic carbocycles. The van der Waals surface area contributed by atoms with Crippen molar-refractivity contribution in [1.82, 2.24) is 5.32 Å². The van der Waals surface area contributed by atoms with Crippen LogP contribution in [0.2, 0.25) is 0 Å². The highest BCUT2D eigenvalue weighted by molar-refractivity contribution is 5.36. The topological polar surface area (TPSA) is 21.3 Å². The molecule has 1 saturated carbocycles. The molecule has 112 valence electrons. The molecule has 1 fully saturated rings. The predicted molar refractivity (Wildman–Crippen MR) is 85.5 cm³/mol. The van der Waals surface area contributed by atoms with Crippen molar-refractivity contribution in [2.75, 3.05) is 6.54 Å². The van der Waals surface area contributed by atoms with Gasteiger partial charge in [-0.3, -0.25) is 0 Å². The van der Waals surface area contributed by atoms with Gasteiger partial charge in [-0.15, -0.1) is 0 Å². The number of nitrogens with one attached hydrogen (secondary N) is 1. The average molecular weight is 275 g/mol. The molecule has 1 unspecified atom stereocenters. The minimum atomic E-state index is 0.250. The van der Waals surface area contributed by atoms with Crippen molar-refractivity contribution in [2.24, 2.45) is 5.92 Å². The zero-order valence-corrected chi connectivity index (χ0v) is 13.6. The van der Waals surface area contributed by atoms with Crippen molar-refractivity contribution in [1.29, 1.82) is 0 Å². The van der Waals surface area contributed by atoms with E-state index in [0.29, 0.717) is 11.8 Å². The standard InChI is InChI=1S/C18H29NO/c1-12(2)17-9-8-16(10-14(17)5)20-18(13(3)4)11-19-15-6-7-15/h8-10,12-13,15,18-19H,6-7,11H2,1-5H3. The Morgan fingerprint density at radius 1 is 1.20 bits per heavy atom. The molecule has 1 atom stereocenters. The molecule has 1 aliphatic carbocycles. The van der Waals surface area contributed by atoms with Crippen molar-refractivity contribution >= 4 is 0 Å². The fraction of sp³-hybridized carbons (Fsp3) is 0.667. The third-order valence-electron chi connectivity index (χ3n) is 4.08. The highest BCUT2D eigenvalue weighted by Crippen LogP contribution is 2.25. The van der Waals surface area contributed by atoms with Crippen LogP contribution in [0.5, 0.6) is 5.75 Å². The van der Waals surface area contributed by atoms with Crippen molar-refractivity contribution < 1.29 is 4.74 Å². The second kappa shape index (κ2) is 6.62. The smallest absolute Gasteiger partial charge is 0.120 e. The van der Waals surface area contributed by atoms with Crippen molar-refractivity contribution in [3.63, 3.8) is 0 Å². The summed E-state index contributed by atoms with van der Waals surface area (Å²) < 4.78 is 6.21. The fourth-order valence-corrected chi connectivity index (χ4v) is 2.53. The summed E-state index contributed by atoms with van der Waals surface area (Å²) >= 11 is 0. The van der Waals surface area contributed by atoms with Gasteiger partial charge in [-0.05, 0) is 54.9 Å². The lowest BCUT2D eigenvalue weighted by Gasteiger charge is -2.24. The maximum Gasteiger partial charge on any atom is 0.120 e. The molecule has 0 amide bonds. The minimum Gasteiger partial charge on any atom is -0.489 e. The van der Waals surface area contributed by atoms with Gasteiger partial charge in [-0.25, -0.2) is 0 Å². The van der Waals surface area contributed by atoms with E-state index in [1.165, 1.54) is 24.0 Å². The molecular formula is C18H29NO. The highest BCUT2D eigenvalue weighted by Gasteiger charge is 2.23.